The fourth-order valence-electron chi connectivity index (χ4n) is 1.20. The second-order valence-electron chi connectivity index (χ2n) is 3.02. The van der Waals surface area contributed by atoms with Crippen molar-refractivity contribution in [2.45, 2.75) is 6.92 Å². The van der Waals surface area contributed by atoms with Crippen LogP contribution in [-0.2, 0) is 9.53 Å². The molecule has 1 aromatic carbocycles. The number of hydrogen-bond donors (Lipinski definition) is 0. The van der Waals surface area contributed by atoms with Crippen molar-refractivity contribution in [1.82, 2.24) is 0 Å². The van der Waals surface area contributed by atoms with Gasteiger partial charge in [0.05, 0.1) is 13.7 Å². The third-order valence-electron chi connectivity index (χ3n) is 1.93. The number of ether oxygens (including phenoxy) is 2. The fraction of sp³-hybridized carbons (Fsp3) is 0.273. The van der Waals surface area contributed by atoms with E-state index in [1.54, 1.807) is 0 Å². The average Bonchev–Trinajstić information content (AvgIpc) is 2.27. The van der Waals surface area contributed by atoms with Crippen LogP contribution in [-0.4, -0.2) is 25.5 Å². The van der Waals surface area contributed by atoms with E-state index in [9.17, 15) is 18.4 Å². The van der Waals surface area contributed by atoms with Gasteiger partial charge in [0.15, 0.2) is 17.4 Å². The van der Waals surface area contributed by atoms with Gasteiger partial charge in [0.2, 0.25) is 0 Å². The molecule has 0 spiro atoms. The molecule has 17 heavy (non-hydrogen) atoms. The first-order valence-electron chi connectivity index (χ1n) is 4.75. The Morgan fingerprint density at radius 1 is 1.24 bits per heavy atom. The topological polar surface area (TPSA) is 52.6 Å². The zero-order chi connectivity index (χ0) is 13.0. The maximum atomic E-state index is 13.3. The van der Waals surface area contributed by atoms with Crippen LogP contribution in [0, 0.1) is 11.6 Å². The summed E-state index contributed by atoms with van der Waals surface area (Å²) in [7, 11) is 1.09. The first-order valence-corrected chi connectivity index (χ1v) is 4.75. The van der Waals surface area contributed by atoms with E-state index in [-0.39, 0.29) is 6.61 Å². The zero-order valence-electron chi connectivity index (χ0n) is 9.25. The molecule has 0 atom stereocenters. The Morgan fingerprint density at radius 2 is 1.76 bits per heavy atom. The molecule has 0 aliphatic carbocycles. The minimum Gasteiger partial charge on any atom is -0.491 e. The molecule has 6 heteroatoms. The van der Waals surface area contributed by atoms with Gasteiger partial charge in [-0.05, 0) is 19.1 Å². The summed E-state index contributed by atoms with van der Waals surface area (Å²) in [6.07, 6.45) is 0. The van der Waals surface area contributed by atoms with Crippen molar-refractivity contribution in [2.75, 3.05) is 13.7 Å². The molecule has 0 unspecified atom stereocenters. The molecule has 0 fully saturated rings. The molecular formula is C11H10F2O4. The van der Waals surface area contributed by atoms with Gasteiger partial charge in [0, 0.05) is 5.56 Å². The van der Waals surface area contributed by atoms with E-state index in [1.165, 1.54) is 6.92 Å². The van der Waals surface area contributed by atoms with E-state index < -0.39 is 34.7 Å². The lowest BCUT2D eigenvalue weighted by Gasteiger charge is -2.05. The van der Waals surface area contributed by atoms with E-state index in [0.29, 0.717) is 0 Å². The normalized spacial score (nSPS) is 9.88. The molecule has 1 aromatic rings. The molecule has 0 aliphatic heterocycles. The van der Waals surface area contributed by atoms with Gasteiger partial charge in [-0.15, -0.1) is 0 Å². The third kappa shape index (κ3) is 2.77. The Bertz CT molecular complexity index is 434. The van der Waals surface area contributed by atoms with Crippen LogP contribution < -0.4 is 4.74 Å². The molecule has 0 aliphatic rings. The van der Waals surface area contributed by atoms with Gasteiger partial charge in [0.1, 0.15) is 0 Å². The molecule has 0 heterocycles. The summed E-state index contributed by atoms with van der Waals surface area (Å²) in [5.74, 6) is -4.98. The Kier molecular flexibility index (Phi) is 4.14. The number of esters is 1. The van der Waals surface area contributed by atoms with Crippen LogP contribution >= 0.6 is 0 Å². The molecule has 0 bridgehead atoms. The predicted octanol–water partition coefficient (Wildman–Crippen LogP) is 1.72. The highest BCUT2D eigenvalue weighted by molar-refractivity contribution is 6.40. The summed E-state index contributed by atoms with van der Waals surface area (Å²) in [4.78, 5) is 22.5. The third-order valence-corrected chi connectivity index (χ3v) is 1.93. The summed E-state index contributed by atoms with van der Waals surface area (Å²) in [5, 5.41) is 0. The lowest BCUT2D eigenvalue weighted by Crippen LogP contribution is -2.18. The second-order valence-corrected chi connectivity index (χ2v) is 3.02. The number of carbonyl (C=O) groups excluding carboxylic acids is 2. The highest BCUT2D eigenvalue weighted by atomic mass is 19.1. The number of rotatable bonds is 4. The van der Waals surface area contributed by atoms with Gasteiger partial charge in [-0.3, -0.25) is 4.79 Å². The number of methoxy groups -OCH3 is 1. The van der Waals surface area contributed by atoms with Crippen LogP contribution in [0.15, 0.2) is 12.1 Å². The van der Waals surface area contributed by atoms with Crippen molar-refractivity contribution in [3.63, 3.8) is 0 Å². The smallest absolute Gasteiger partial charge is 0.379 e. The molecule has 92 valence electrons. The van der Waals surface area contributed by atoms with Crippen molar-refractivity contribution >= 4 is 11.8 Å². The van der Waals surface area contributed by atoms with Crippen molar-refractivity contribution in [1.29, 1.82) is 0 Å². The number of benzene rings is 1. The van der Waals surface area contributed by atoms with E-state index >= 15 is 0 Å². The largest absolute Gasteiger partial charge is 0.491 e. The fourth-order valence-corrected chi connectivity index (χ4v) is 1.20. The van der Waals surface area contributed by atoms with Gasteiger partial charge in [-0.2, -0.15) is 0 Å². The van der Waals surface area contributed by atoms with Gasteiger partial charge < -0.3 is 9.47 Å². The Hall–Kier alpha value is -1.98. The number of halogens is 2. The Balaban J connectivity index is 3.08. The van der Waals surface area contributed by atoms with Crippen molar-refractivity contribution in [2.24, 2.45) is 0 Å². The maximum Gasteiger partial charge on any atom is 0.379 e. The maximum absolute atomic E-state index is 13.3. The molecule has 0 radical (unpaired) electrons. The quantitative estimate of drug-likeness (QED) is 0.459. The van der Waals surface area contributed by atoms with Crippen LogP contribution in [0.3, 0.4) is 0 Å². The lowest BCUT2D eigenvalue weighted by molar-refractivity contribution is -0.137. The van der Waals surface area contributed by atoms with Crippen molar-refractivity contribution in [3.05, 3.63) is 29.3 Å². The second kappa shape index (κ2) is 5.38. The molecule has 0 saturated carbocycles. The molecule has 0 aromatic heterocycles. The zero-order valence-corrected chi connectivity index (χ0v) is 9.25. The highest BCUT2D eigenvalue weighted by Gasteiger charge is 2.21. The Labute approximate surface area is 96.1 Å². The van der Waals surface area contributed by atoms with E-state index in [1.807, 2.05) is 0 Å². The van der Waals surface area contributed by atoms with Crippen LogP contribution in [0.2, 0.25) is 0 Å². The molecule has 4 nitrogen and oxygen atoms in total. The van der Waals surface area contributed by atoms with Crippen LogP contribution in [0.25, 0.3) is 0 Å². The average molecular weight is 244 g/mol. The van der Waals surface area contributed by atoms with Crippen molar-refractivity contribution < 1.29 is 27.8 Å². The van der Waals surface area contributed by atoms with Crippen LogP contribution in [0.5, 0.6) is 5.75 Å². The summed E-state index contributed by atoms with van der Waals surface area (Å²) in [6, 6.07) is 1.45. The predicted molar refractivity (Wildman–Crippen MR) is 53.9 cm³/mol. The summed E-state index contributed by atoms with van der Waals surface area (Å²) >= 11 is 0. The highest BCUT2D eigenvalue weighted by Crippen LogP contribution is 2.23. The van der Waals surface area contributed by atoms with Crippen molar-refractivity contribution in [3.8, 4) is 5.75 Å². The van der Waals surface area contributed by atoms with E-state index in [2.05, 4.69) is 9.47 Å². The molecular weight excluding hydrogens is 234 g/mol. The SMILES string of the molecule is CCOC(=O)C(=O)c1cc(F)c(OC)c(F)c1. The van der Waals surface area contributed by atoms with Gasteiger partial charge in [-0.1, -0.05) is 0 Å². The minimum absolute atomic E-state index is 0.00565. The van der Waals surface area contributed by atoms with E-state index in [0.717, 1.165) is 19.2 Å². The molecule has 0 saturated heterocycles. The first kappa shape index (κ1) is 13.1. The summed E-state index contributed by atoms with van der Waals surface area (Å²) in [5.41, 5.74) is -0.417. The molecule has 0 N–H and O–H groups in total. The summed E-state index contributed by atoms with van der Waals surface area (Å²) < 4.78 is 35.4. The number of ketones is 1. The van der Waals surface area contributed by atoms with Gasteiger partial charge in [-0.25, -0.2) is 13.6 Å². The summed E-state index contributed by atoms with van der Waals surface area (Å²) in [6.45, 7) is 1.52. The molecule has 1 rings (SSSR count). The monoisotopic (exact) mass is 244 g/mol. The van der Waals surface area contributed by atoms with Crippen LogP contribution in [0.1, 0.15) is 17.3 Å². The number of Topliss-reactive ketones (excluding diaryl/α,β-unsaturated/α-hetero) is 1. The van der Waals surface area contributed by atoms with Gasteiger partial charge >= 0.3 is 5.97 Å². The minimum atomic E-state index is -1.16. The van der Waals surface area contributed by atoms with E-state index in [4.69, 9.17) is 0 Å². The standard InChI is InChI=1S/C11H10F2O4/c1-3-17-11(15)9(14)6-4-7(12)10(16-2)8(13)5-6/h4-5H,3H2,1-2H3. The van der Waals surface area contributed by atoms with Crippen LogP contribution in [0.4, 0.5) is 8.78 Å². The number of carbonyl (C=O) groups is 2. The lowest BCUT2D eigenvalue weighted by atomic mass is 10.1. The van der Waals surface area contributed by atoms with Gasteiger partial charge in [0.25, 0.3) is 5.78 Å². The first-order chi connectivity index (χ1) is 8.01. The molecule has 0 amide bonds. The number of hydrogen-bond acceptors (Lipinski definition) is 4. The Morgan fingerprint density at radius 3 is 2.18 bits per heavy atom.